The molecular formula is C21H27FN2O3S. The summed E-state index contributed by atoms with van der Waals surface area (Å²) in [4.78, 5) is 13.0. The molecule has 0 saturated carbocycles. The van der Waals surface area contributed by atoms with Crippen molar-refractivity contribution in [3.8, 4) is 0 Å². The molecule has 7 heteroatoms. The van der Waals surface area contributed by atoms with Crippen molar-refractivity contribution in [2.75, 3.05) is 10.6 Å². The number of carbonyl (C=O) groups is 1. The van der Waals surface area contributed by atoms with Gasteiger partial charge in [-0.05, 0) is 37.5 Å². The van der Waals surface area contributed by atoms with E-state index in [1.54, 1.807) is 13.0 Å². The minimum absolute atomic E-state index is 0.129. The van der Waals surface area contributed by atoms with Crippen LogP contribution in [0.15, 0.2) is 48.5 Å². The van der Waals surface area contributed by atoms with Crippen LogP contribution >= 0.6 is 0 Å². The van der Waals surface area contributed by atoms with Crippen molar-refractivity contribution in [3.63, 3.8) is 0 Å². The van der Waals surface area contributed by atoms with Crippen LogP contribution in [-0.4, -0.2) is 26.6 Å². The predicted molar refractivity (Wildman–Crippen MR) is 110 cm³/mol. The first-order chi connectivity index (χ1) is 13.2. The number of para-hydroxylation sites is 1. The number of halogens is 1. The maximum absolute atomic E-state index is 14.3. The second-order valence-electron chi connectivity index (χ2n) is 6.81. The zero-order chi connectivity index (χ0) is 20.9. The van der Waals surface area contributed by atoms with Crippen LogP contribution in [-0.2, 0) is 14.8 Å². The molecular weight excluding hydrogens is 379 g/mol. The minimum atomic E-state index is -3.88. The van der Waals surface area contributed by atoms with Crippen molar-refractivity contribution in [1.82, 2.24) is 5.32 Å². The number of aryl methyl sites for hydroxylation is 1. The Bertz CT molecular complexity index is 914. The lowest BCUT2D eigenvalue weighted by molar-refractivity contribution is -0.123. The van der Waals surface area contributed by atoms with Crippen LogP contribution in [0.2, 0.25) is 0 Å². The Morgan fingerprint density at radius 1 is 1.07 bits per heavy atom. The number of benzene rings is 2. The maximum Gasteiger partial charge on any atom is 0.244 e. The summed E-state index contributed by atoms with van der Waals surface area (Å²) >= 11 is 0. The van der Waals surface area contributed by atoms with Gasteiger partial charge in [0.1, 0.15) is 11.9 Å². The summed E-state index contributed by atoms with van der Waals surface area (Å²) in [5, 5.41) is 2.93. The first-order valence-electron chi connectivity index (χ1n) is 9.29. The first kappa shape index (κ1) is 21.9. The van der Waals surface area contributed by atoms with Crippen molar-refractivity contribution < 1.29 is 17.6 Å². The van der Waals surface area contributed by atoms with Gasteiger partial charge < -0.3 is 5.32 Å². The summed E-state index contributed by atoms with van der Waals surface area (Å²) in [6.45, 7) is 5.63. The van der Waals surface area contributed by atoms with Crippen LogP contribution in [0.4, 0.5) is 10.1 Å². The van der Waals surface area contributed by atoms with E-state index in [1.165, 1.54) is 18.2 Å². The van der Waals surface area contributed by atoms with E-state index in [0.717, 1.165) is 21.7 Å². The zero-order valence-corrected chi connectivity index (χ0v) is 17.5. The molecule has 0 aliphatic rings. The fourth-order valence-electron chi connectivity index (χ4n) is 3.15. The first-order valence-corrected chi connectivity index (χ1v) is 11.1. The lowest BCUT2D eigenvalue weighted by Gasteiger charge is -2.31. The van der Waals surface area contributed by atoms with Crippen LogP contribution in [0.1, 0.15) is 43.9 Å². The van der Waals surface area contributed by atoms with Gasteiger partial charge in [0, 0.05) is 0 Å². The summed E-state index contributed by atoms with van der Waals surface area (Å²) in [5.74, 6) is -1.15. The van der Waals surface area contributed by atoms with Gasteiger partial charge in [0.25, 0.3) is 0 Å². The third-order valence-corrected chi connectivity index (χ3v) is 5.79. The Labute approximate surface area is 166 Å². The SMILES string of the molecule is CCC(NC(=O)C(CC)N(c1ccccc1F)S(C)(=O)=O)c1ccc(C)cc1. The second-order valence-corrected chi connectivity index (χ2v) is 8.67. The van der Waals surface area contributed by atoms with Crippen molar-refractivity contribution in [2.45, 2.75) is 45.7 Å². The van der Waals surface area contributed by atoms with Gasteiger partial charge in [-0.15, -0.1) is 0 Å². The van der Waals surface area contributed by atoms with Crippen LogP contribution in [0, 0.1) is 12.7 Å². The number of amides is 1. The highest BCUT2D eigenvalue weighted by atomic mass is 32.2. The topological polar surface area (TPSA) is 66.5 Å². The maximum atomic E-state index is 14.3. The average Bonchev–Trinajstić information content (AvgIpc) is 2.64. The average molecular weight is 407 g/mol. The van der Waals surface area contributed by atoms with Crippen molar-refractivity contribution in [1.29, 1.82) is 0 Å². The summed E-state index contributed by atoms with van der Waals surface area (Å²) in [6.07, 6.45) is 1.83. The highest BCUT2D eigenvalue weighted by molar-refractivity contribution is 7.92. The molecule has 2 rings (SSSR count). The Balaban J connectivity index is 2.36. The number of rotatable bonds is 8. The Kier molecular flexibility index (Phi) is 7.18. The quantitative estimate of drug-likeness (QED) is 0.722. The van der Waals surface area contributed by atoms with Crippen molar-refractivity contribution in [2.24, 2.45) is 0 Å². The molecule has 0 radical (unpaired) electrons. The van der Waals surface area contributed by atoms with Crippen molar-refractivity contribution in [3.05, 3.63) is 65.5 Å². The number of nitrogens with zero attached hydrogens (tertiary/aromatic N) is 1. The fraction of sp³-hybridized carbons (Fsp3) is 0.381. The molecule has 2 unspecified atom stereocenters. The second kappa shape index (κ2) is 9.19. The Hall–Kier alpha value is -2.41. The lowest BCUT2D eigenvalue weighted by atomic mass is 10.0. The van der Waals surface area contributed by atoms with Gasteiger partial charge in [0.05, 0.1) is 18.0 Å². The molecule has 0 aromatic heterocycles. The summed E-state index contributed by atoms with van der Waals surface area (Å²) in [7, 11) is -3.88. The number of anilines is 1. The molecule has 0 aliphatic carbocycles. The van der Waals surface area contributed by atoms with Crippen LogP contribution in [0.5, 0.6) is 0 Å². The summed E-state index contributed by atoms with van der Waals surface area (Å²) < 4.78 is 40.1. The zero-order valence-electron chi connectivity index (χ0n) is 16.6. The van der Waals surface area contributed by atoms with E-state index in [-0.39, 0.29) is 18.2 Å². The lowest BCUT2D eigenvalue weighted by Crippen LogP contribution is -2.50. The molecule has 152 valence electrons. The summed E-state index contributed by atoms with van der Waals surface area (Å²) in [5.41, 5.74) is 1.92. The smallest absolute Gasteiger partial charge is 0.244 e. The van der Waals surface area contributed by atoms with Gasteiger partial charge in [-0.1, -0.05) is 55.8 Å². The van der Waals surface area contributed by atoms with E-state index in [0.29, 0.717) is 6.42 Å². The molecule has 0 fully saturated rings. The standard InChI is InChI=1S/C21H27FN2O3S/c1-5-18(16-13-11-15(3)12-14-16)23-21(25)19(6-2)24(28(4,26)27)20-10-8-7-9-17(20)22/h7-14,18-19H,5-6H2,1-4H3,(H,23,25). The third-order valence-electron chi connectivity index (χ3n) is 4.62. The normalized spacial score (nSPS) is 13.6. The van der Waals surface area contributed by atoms with Gasteiger partial charge in [0.2, 0.25) is 15.9 Å². The number of hydrogen-bond acceptors (Lipinski definition) is 3. The van der Waals surface area contributed by atoms with E-state index >= 15 is 0 Å². The van der Waals surface area contributed by atoms with Crippen molar-refractivity contribution >= 4 is 21.6 Å². The van der Waals surface area contributed by atoms with E-state index in [1.807, 2.05) is 38.1 Å². The summed E-state index contributed by atoms with van der Waals surface area (Å²) in [6, 6.07) is 12.1. The molecule has 0 bridgehead atoms. The van der Waals surface area contributed by atoms with Gasteiger partial charge in [0.15, 0.2) is 0 Å². The number of sulfonamides is 1. The van der Waals surface area contributed by atoms with Gasteiger partial charge in [-0.3, -0.25) is 9.10 Å². The largest absolute Gasteiger partial charge is 0.347 e. The molecule has 5 nitrogen and oxygen atoms in total. The van der Waals surface area contributed by atoms with Gasteiger partial charge >= 0.3 is 0 Å². The van der Waals surface area contributed by atoms with E-state index in [2.05, 4.69) is 5.32 Å². The van der Waals surface area contributed by atoms with Crippen LogP contribution < -0.4 is 9.62 Å². The number of hydrogen-bond donors (Lipinski definition) is 1. The fourth-order valence-corrected chi connectivity index (χ4v) is 4.37. The molecule has 0 heterocycles. The predicted octanol–water partition coefficient (Wildman–Crippen LogP) is 3.95. The number of carbonyl (C=O) groups excluding carboxylic acids is 1. The van der Waals surface area contributed by atoms with E-state index < -0.39 is 27.8 Å². The molecule has 2 atom stereocenters. The molecule has 0 aliphatic heterocycles. The van der Waals surface area contributed by atoms with E-state index in [4.69, 9.17) is 0 Å². The van der Waals surface area contributed by atoms with Crippen LogP contribution in [0.25, 0.3) is 0 Å². The van der Waals surface area contributed by atoms with Crippen LogP contribution in [0.3, 0.4) is 0 Å². The van der Waals surface area contributed by atoms with E-state index in [9.17, 15) is 17.6 Å². The molecule has 0 saturated heterocycles. The molecule has 0 spiro atoms. The minimum Gasteiger partial charge on any atom is -0.347 e. The van der Waals surface area contributed by atoms with Gasteiger partial charge in [-0.2, -0.15) is 0 Å². The Morgan fingerprint density at radius 2 is 1.68 bits per heavy atom. The molecule has 2 aromatic carbocycles. The molecule has 28 heavy (non-hydrogen) atoms. The molecule has 1 amide bonds. The Morgan fingerprint density at radius 3 is 2.18 bits per heavy atom. The number of nitrogens with one attached hydrogen (secondary N) is 1. The highest BCUT2D eigenvalue weighted by Gasteiger charge is 2.33. The molecule has 1 N–H and O–H groups in total. The monoisotopic (exact) mass is 406 g/mol. The molecule has 2 aromatic rings. The third kappa shape index (κ3) is 5.10. The van der Waals surface area contributed by atoms with Gasteiger partial charge in [-0.25, -0.2) is 12.8 Å². The highest BCUT2D eigenvalue weighted by Crippen LogP contribution is 2.26.